The Hall–Kier alpha value is -6.51. The van der Waals surface area contributed by atoms with E-state index in [0.717, 1.165) is 26.2 Å². The number of rotatable bonds is 7. The Morgan fingerprint density at radius 1 is 0.873 bits per heavy atom. The van der Waals surface area contributed by atoms with Gasteiger partial charge in [0, 0.05) is 48.5 Å². The summed E-state index contributed by atoms with van der Waals surface area (Å²) in [5.41, 5.74) is 3.83. The van der Waals surface area contributed by atoms with E-state index in [1.807, 2.05) is 74.5 Å². The first-order valence-electron chi connectivity index (χ1n) is 20.6. The zero-order valence-electron chi connectivity index (χ0n) is 34.9. The molecule has 4 amide bonds. The first kappa shape index (κ1) is 40.6. The molecule has 0 unspecified atom stereocenters. The molecule has 0 spiro atoms. The molecule has 4 aromatic carbocycles. The number of amides is 4. The highest BCUT2D eigenvalue weighted by molar-refractivity contribution is 7.22. The van der Waals surface area contributed by atoms with Crippen LogP contribution in [0.2, 0.25) is 5.02 Å². The van der Waals surface area contributed by atoms with Crippen LogP contribution in [0, 0.1) is 41.8 Å². The SMILES string of the molecule is Cc1c(-c2cc(N3C(=O)[C@@H]4C[C@@H]5C(=CC[C@@H]6C(=O)N(c7ccc(N=Nc8ccc(N(C)C)cc8)cc7)C(=O)[C@@H]65)[C@H](c5ccc(O)c(F)c5)[C@]4(C)C3=O)n(C)n2)sc2ccc(Cl)cc12. The molecule has 4 heterocycles. The number of aromatic hydroxyl groups is 1. The Bertz CT molecular complexity index is 3000. The van der Waals surface area contributed by atoms with E-state index < -0.39 is 64.3 Å². The van der Waals surface area contributed by atoms with Crippen LogP contribution in [0.5, 0.6) is 5.75 Å². The van der Waals surface area contributed by atoms with Gasteiger partial charge in [-0.3, -0.25) is 28.8 Å². The zero-order chi connectivity index (χ0) is 44.2. The van der Waals surface area contributed by atoms with Gasteiger partial charge in [-0.1, -0.05) is 29.3 Å². The molecule has 15 heteroatoms. The fourth-order valence-electron chi connectivity index (χ4n) is 10.4. The summed E-state index contributed by atoms with van der Waals surface area (Å²) in [6, 6.07) is 25.7. The van der Waals surface area contributed by atoms with Gasteiger partial charge >= 0.3 is 0 Å². The fourth-order valence-corrected chi connectivity index (χ4v) is 11.7. The fraction of sp³-hybridized carbons (Fsp3) is 0.271. The minimum Gasteiger partial charge on any atom is -0.505 e. The van der Waals surface area contributed by atoms with Crippen molar-refractivity contribution in [2.75, 3.05) is 28.8 Å². The van der Waals surface area contributed by atoms with Crippen LogP contribution >= 0.6 is 22.9 Å². The summed E-state index contributed by atoms with van der Waals surface area (Å²) < 4.78 is 17.8. The average Bonchev–Trinajstić information content (AvgIpc) is 3.94. The lowest BCUT2D eigenvalue weighted by molar-refractivity contribution is -0.131. The maximum atomic E-state index is 15.3. The van der Waals surface area contributed by atoms with Crippen molar-refractivity contribution in [3.8, 4) is 16.3 Å². The predicted octanol–water partition coefficient (Wildman–Crippen LogP) is 10.0. The average molecular weight is 882 g/mol. The lowest BCUT2D eigenvalue weighted by Gasteiger charge is -2.49. The van der Waals surface area contributed by atoms with E-state index in [2.05, 4.69) is 10.2 Å². The first-order valence-corrected chi connectivity index (χ1v) is 21.8. The van der Waals surface area contributed by atoms with Crippen molar-refractivity contribution in [2.45, 2.75) is 32.6 Å². The molecule has 2 aliphatic heterocycles. The number of fused-ring (bicyclic) bond motifs is 5. The van der Waals surface area contributed by atoms with Gasteiger partial charge in [-0.15, -0.1) is 11.3 Å². The van der Waals surface area contributed by atoms with Crippen molar-refractivity contribution in [3.05, 3.63) is 125 Å². The van der Waals surface area contributed by atoms with Gasteiger partial charge in [0.2, 0.25) is 23.6 Å². The number of thiophene rings is 1. The number of hydrogen-bond donors (Lipinski definition) is 1. The molecule has 6 aromatic rings. The molecule has 0 bridgehead atoms. The minimum atomic E-state index is -1.42. The third-order valence-electron chi connectivity index (χ3n) is 13.5. The summed E-state index contributed by atoms with van der Waals surface area (Å²) in [5, 5.41) is 25.3. The Labute approximate surface area is 370 Å². The van der Waals surface area contributed by atoms with Gasteiger partial charge < -0.3 is 10.0 Å². The van der Waals surface area contributed by atoms with Gasteiger partial charge in [-0.25, -0.2) is 9.29 Å². The molecule has 318 valence electrons. The van der Waals surface area contributed by atoms with Crippen LogP contribution in [0.1, 0.15) is 36.8 Å². The largest absolute Gasteiger partial charge is 0.505 e. The van der Waals surface area contributed by atoms with Crippen LogP contribution in [-0.4, -0.2) is 52.6 Å². The number of carbonyl (C=O) groups excluding carboxylic acids is 4. The van der Waals surface area contributed by atoms with Crippen molar-refractivity contribution in [3.63, 3.8) is 0 Å². The number of carbonyl (C=O) groups is 4. The summed E-state index contributed by atoms with van der Waals surface area (Å²) >= 11 is 7.86. The number of phenols is 1. The molecule has 2 aromatic heterocycles. The molecule has 1 N–H and O–H groups in total. The highest BCUT2D eigenvalue weighted by Crippen LogP contribution is 2.64. The molecule has 12 nitrogen and oxygen atoms in total. The van der Waals surface area contributed by atoms with E-state index in [1.54, 1.807) is 50.4 Å². The molecule has 0 radical (unpaired) electrons. The molecular formula is C48H41ClFN7O5S. The van der Waals surface area contributed by atoms with E-state index in [1.165, 1.54) is 38.0 Å². The number of imide groups is 2. The van der Waals surface area contributed by atoms with Crippen LogP contribution in [0.25, 0.3) is 20.7 Å². The first-order chi connectivity index (χ1) is 30.1. The van der Waals surface area contributed by atoms with Crippen LogP contribution < -0.4 is 14.7 Å². The standard InChI is InChI=1S/C48H41ClFN7O5S/c1-24-33-21-26(49)7-19-39(33)63-43(24)37-23-40(55(5)53-37)57-45(60)35-22-34-31(42(48(35,2)47(57)62)25-6-18-38(58)36(50)20-25)16-17-32-41(34)46(61)56(44(32)59)30-14-10-28(11-15-30)52-51-27-8-12-29(13-9-27)54(3)4/h6-16,18-21,23,32,34-35,41-42,58H,17,22H2,1-5H3/t32-,34+,35-,41-,42-,48+/m0/s1. The van der Waals surface area contributed by atoms with Gasteiger partial charge in [0.1, 0.15) is 11.5 Å². The van der Waals surface area contributed by atoms with E-state index in [-0.39, 0.29) is 24.6 Å². The van der Waals surface area contributed by atoms with E-state index in [4.69, 9.17) is 16.7 Å². The second-order valence-electron chi connectivity index (χ2n) is 17.2. The van der Waals surface area contributed by atoms with Gasteiger partial charge in [0.05, 0.1) is 45.1 Å². The normalized spacial score (nSPS) is 24.4. The molecule has 63 heavy (non-hydrogen) atoms. The number of allylic oxidation sites excluding steroid dienone is 2. The van der Waals surface area contributed by atoms with Gasteiger partial charge in [-0.2, -0.15) is 15.3 Å². The Morgan fingerprint density at radius 3 is 2.25 bits per heavy atom. The predicted molar refractivity (Wildman–Crippen MR) is 240 cm³/mol. The van der Waals surface area contributed by atoms with Crippen LogP contribution in [0.4, 0.5) is 33.0 Å². The maximum Gasteiger partial charge on any atom is 0.242 e. The molecule has 2 saturated heterocycles. The Morgan fingerprint density at radius 2 is 1.57 bits per heavy atom. The number of azo groups is 1. The van der Waals surface area contributed by atoms with Crippen molar-refractivity contribution in [1.29, 1.82) is 0 Å². The monoisotopic (exact) mass is 881 g/mol. The summed E-state index contributed by atoms with van der Waals surface area (Å²) in [7, 11) is 5.59. The third-order valence-corrected chi connectivity index (χ3v) is 15.1. The molecule has 2 aliphatic carbocycles. The number of aromatic nitrogens is 2. The van der Waals surface area contributed by atoms with Gasteiger partial charge in [-0.05, 0) is 128 Å². The van der Waals surface area contributed by atoms with E-state index in [0.29, 0.717) is 38.9 Å². The number of nitrogens with zero attached hydrogens (tertiary/aromatic N) is 7. The van der Waals surface area contributed by atoms with Crippen LogP contribution in [0.15, 0.2) is 113 Å². The summed E-state index contributed by atoms with van der Waals surface area (Å²) in [5.74, 6) is -6.82. The molecule has 1 saturated carbocycles. The van der Waals surface area contributed by atoms with Gasteiger partial charge in [0.15, 0.2) is 11.6 Å². The number of phenolic OH excluding ortho intramolecular Hbond substituents is 1. The van der Waals surface area contributed by atoms with Crippen molar-refractivity contribution >= 4 is 85.2 Å². The summed E-state index contributed by atoms with van der Waals surface area (Å²) in [6.45, 7) is 3.72. The lowest BCUT2D eigenvalue weighted by Crippen LogP contribution is -2.49. The second kappa shape index (κ2) is 14.8. The Kier molecular flexibility index (Phi) is 9.53. The quantitative estimate of drug-likeness (QED) is 0.0956. The minimum absolute atomic E-state index is 0.115. The third kappa shape index (κ3) is 6.24. The van der Waals surface area contributed by atoms with Crippen LogP contribution in [-0.2, 0) is 26.2 Å². The molecular weight excluding hydrogens is 841 g/mol. The smallest absolute Gasteiger partial charge is 0.242 e. The molecule has 6 atom stereocenters. The summed E-state index contributed by atoms with van der Waals surface area (Å²) in [6.07, 6.45) is 2.24. The second-order valence-corrected chi connectivity index (χ2v) is 18.7. The van der Waals surface area contributed by atoms with E-state index in [9.17, 15) is 19.5 Å². The van der Waals surface area contributed by atoms with Crippen molar-refractivity contribution in [1.82, 2.24) is 9.78 Å². The number of anilines is 3. The number of benzene rings is 4. The number of aryl methyl sites for hydroxylation is 2. The zero-order valence-corrected chi connectivity index (χ0v) is 36.5. The lowest BCUT2D eigenvalue weighted by atomic mass is 9.51. The highest BCUT2D eigenvalue weighted by Gasteiger charge is 2.68. The van der Waals surface area contributed by atoms with Crippen molar-refractivity contribution in [2.24, 2.45) is 46.4 Å². The van der Waals surface area contributed by atoms with Gasteiger partial charge in [0.25, 0.3) is 0 Å². The number of hydrogen-bond acceptors (Lipinski definition) is 10. The van der Waals surface area contributed by atoms with Crippen LogP contribution in [0.3, 0.4) is 0 Å². The molecule has 10 rings (SSSR count). The number of halogens is 2. The maximum absolute atomic E-state index is 15.3. The highest BCUT2D eigenvalue weighted by atomic mass is 35.5. The molecule has 3 fully saturated rings. The molecule has 4 aliphatic rings. The Balaban J connectivity index is 0.989. The topological polar surface area (TPSA) is 141 Å². The van der Waals surface area contributed by atoms with Crippen molar-refractivity contribution < 1.29 is 28.7 Å². The van der Waals surface area contributed by atoms with E-state index >= 15 is 9.18 Å². The summed E-state index contributed by atoms with van der Waals surface area (Å²) in [4.78, 5) is 64.3.